The third kappa shape index (κ3) is 2.73. The molecule has 1 saturated carbocycles. The van der Waals surface area contributed by atoms with E-state index in [1.807, 2.05) is 0 Å². The van der Waals surface area contributed by atoms with Crippen molar-refractivity contribution in [2.45, 2.75) is 60.4 Å². The molecule has 1 fully saturated rings. The van der Waals surface area contributed by atoms with E-state index >= 15 is 0 Å². The van der Waals surface area contributed by atoms with Crippen LogP contribution in [0.3, 0.4) is 0 Å². The number of hydrogen-bond donors (Lipinski definition) is 1. The molecule has 1 rings (SSSR count). The van der Waals surface area contributed by atoms with Crippen LogP contribution in [0.4, 0.5) is 0 Å². The van der Waals surface area contributed by atoms with E-state index in [0.29, 0.717) is 11.5 Å². The molecule has 2 nitrogen and oxygen atoms in total. The van der Waals surface area contributed by atoms with Gasteiger partial charge in [-0.25, -0.2) is 0 Å². The maximum atomic E-state index is 11.2. The molecule has 2 heteroatoms. The molecule has 2 atom stereocenters. The third-order valence-corrected chi connectivity index (χ3v) is 4.22. The number of hydrogen-bond acceptors (Lipinski definition) is 1. The summed E-state index contributed by atoms with van der Waals surface area (Å²) in [6.45, 7) is 13.1. The first-order valence-corrected chi connectivity index (χ1v) is 5.92. The molecule has 0 radical (unpaired) electrons. The van der Waals surface area contributed by atoms with E-state index in [0.717, 1.165) is 12.3 Å². The van der Waals surface area contributed by atoms with E-state index in [4.69, 9.17) is 0 Å². The first-order chi connectivity index (χ1) is 6.65. The Hall–Kier alpha value is -0.530. The van der Waals surface area contributed by atoms with Crippen molar-refractivity contribution in [3.05, 3.63) is 0 Å². The Balaban J connectivity index is 2.81. The molecule has 0 aromatic rings. The van der Waals surface area contributed by atoms with Crippen LogP contribution in [0.1, 0.15) is 54.4 Å². The summed E-state index contributed by atoms with van der Waals surface area (Å²) in [5, 5.41) is 3.11. The highest BCUT2D eigenvalue weighted by Gasteiger charge is 2.44. The minimum atomic E-state index is 0.0958. The second kappa shape index (κ2) is 3.80. The topological polar surface area (TPSA) is 29.1 Å². The van der Waals surface area contributed by atoms with Crippen LogP contribution in [0.5, 0.6) is 0 Å². The summed E-state index contributed by atoms with van der Waals surface area (Å²) in [5.74, 6) is 0.816. The van der Waals surface area contributed by atoms with Gasteiger partial charge in [0.15, 0.2) is 0 Å². The molecule has 0 spiro atoms. The van der Waals surface area contributed by atoms with Crippen molar-refractivity contribution in [2.75, 3.05) is 0 Å². The van der Waals surface area contributed by atoms with E-state index in [1.54, 1.807) is 6.92 Å². The van der Waals surface area contributed by atoms with Crippen molar-refractivity contribution >= 4 is 5.91 Å². The Labute approximate surface area is 93.8 Å². The van der Waals surface area contributed by atoms with Crippen LogP contribution in [-0.2, 0) is 4.79 Å². The third-order valence-electron chi connectivity index (χ3n) is 4.22. The van der Waals surface area contributed by atoms with Gasteiger partial charge in [0, 0.05) is 13.0 Å². The Morgan fingerprint density at radius 3 is 2.13 bits per heavy atom. The zero-order valence-corrected chi connectivity index (χ0v) is 11.0. The van der Waals surface area contributed by atoms with Crippen LogP contribution in [-0.4, -0.2) is 11.9 Å². The van der Waals surface area contributed by atoms with E-state index in [1.165, 1.54) is 6.42 Å². The van der Waals surface area contributed by atoms with Crippen molar-refractivity contribution in [3.8, 4) is 0 Å². The molecular formula is C13H25NO. The fourth-order valence-corrected chi connectivity index (χ4v) is 2.70. The molecule has 1 amide bonds. The van der Waals surface area contributed by atoms with Gasteiger partial charge in [0.2, 0.25) is 5.91 Å². The predicted octanol–water partition coefficient (Wildman–Crippen LogP) is 2.97. The fraction of sp³-hybridized carbons (Fsp3) is 0.923. The summed E-state index contributed by atoms with van der Waals surface area (Å²) >= 11 is 0. The Kier molecular flexibility index (Phi) is 3.18. The average Bonchev–Trinajstić information content (AvgIpc) is 1.98. The van der Waals surface area contributed by atoms with Crippen LogP contribution < -0.4 is 5.32 Å². The van der Waals surface area contributed by atoms with Gasteiger partial charge in [0.25, 0.3) is 0 Å². The first-order valence-electron chi connectivity index (χ1n) is 5.92. The number of nitrogens with one attached hydrogen (secondary N) is 1. The Morgan fingerprint density at radius 2 is 1.67 bits per heavy atom. The average molecular weight is 211 g/mol. The standard InChI is InChI=1S/C13H25NO/c1-9-7-13(5,6)11(14-10(2)15)8-12(9,3)4/h9,11H,7-8H2,1-6H3,(H,14,15). The molecule has 2 unspecified atom stereocenters. The molecule has 1 aliphatic rings. The van der Waals surface area contributed by atoms with Crippen LogP contribution in [0, 0.1) is 16.7 Å². The maximum Gasteiger partial charge on any atom is 0.217 e. The van der Waals surface area contributed by atoms with Gasteiger partial charge in [0.05, 0.1) is 0 Å². The fourth-order valence-electron chi connectivity index (χ4n) is 2.70. The van der Waals surface area contributed by atoms with Crippen molar-refractivity contribution in [2.24, 2.45) is 16.7 Å². The highest BCUT2D eigenvalue weighted by molar-refractivity contribution is 5.73. The quantitative estimate of drug-likeness (QED) is 0.710. The van der Waals surface area contributed by atoms with E-state index in [2.05, 4.69) is 39.9 Å². The zero-order chi connectivity index (χ0) is 11.9. The van der Waals surface area contributed by atoms with Crippen molar-refractivity contribution < 1.29 is 4.79 Å². The van der Waals surface area contributed by atoms with Gasteiger partial charge in [-0.3, -0.25) is 4.79 Å². The molecule has 1 aliphatic carbocycles. The number of carbonyl (C=O) groups excluding carboxylic acids is 1. The molecule has 0 bridgehead atoms. The molecular weight excluding hydrogens is 186 g/mol. The van der Waals surface area contributed by atoms with Crippen LogP contribution in [0.25, 0.3) is 0 Å². The Morgan fingerprint density at radius 1 is 1.13 bits per heavy atom. The molecule has 0 aromatic heterocycles. The number of amides is 1. The number of carbonyl (C=O) groups is 1. The second-order valence-corrected chi connectivity index (χ2v) is 6.54. The monoisotopic (exact) mass is 211 g/mol. The molecule has 0 aromatic carbocycles. The lowest BCUT2D eigenvalue weighted by atomic mass is 9.59. The van der Waals surface area contributed by atoms with E-state index in [-0.39, 0.29) is 11.3 Å². The van der Waals surface area contributed by atoms with Gasteiger partial charge < -0.3 is 5.32 Å². The minimum absolute atomic E-state index is 0.0958. The molecule has 88 valence electrons. The SMILES string of the molecule is CC(=O)NC1CC(C)(C)C(C)CC1(C)C. The predicted molar refractivity (Wildman–Crippen MR) is 63.6 cm³/mol. The summed E-state index contributed by atoms with van der Waals surface area (Å²) < 4.78 is 0. The van der Waals surface area contributed by atoms with Crippen LogP contribution >= 0.6 is 0 Å². The van der Waals surface area contributed by atoms with Gasteiger partial charge >= 0.3 is 0 Å². The number of rotatable bonds is 1. The van der Waals surface area contributed by atoms with E-state index in [9.17, 15) is 4.79 Å². The summed E-state index contributed by atoms with van der Waals surface area (Å²) in [6, 6.07) is 0.321. The lowest BCUT2D eigenvalue weighted by Gasteiger charge is -2.50. The van der Waals surface area contributed by atoms with Crippen LogP contribution in [0.2, 0.25) is 0 Å². The molecule has 0 aliphatic heterocycles. The molecule has 15 heavy (non-hydrogen) atoms. The smallest absolute Gasteiger partial charge is 0.217 e. The summed E-state index contributed by atoms with van der Waals surface area (Å²) in [4.78, 5) is 11.2. The second-order valence-electron chi connectivity index (χ2n) is 6.54. The van der Waals surface area contributed by atoms with E-state index < -0.39 is 0 Å². The molecule has 0 heterocycles. The Bertz CT molecular complexity index is 255. The summed E-state index contributed by atoms with van der Waals surface area (Å²) in [5.41, 5.74) is 0.559. The normalized spacial score (nSPS) is 33.5. The van der Waals surface area contributed by atoms with Crippen LogP contribution in [0.15, 0.2) is 0 Å². The highest BCUT2D eigenvalue weighted by atomic mass is 16.1. The van der Waals surface area contributed by atoms with Gasteiger partial charge in [-0.2, -0.15) is 0 Å². The zero-order valence-electron chi connectivity index (χ0n) is 11.0. The van der Waals surface area contributed by atoms with Crippen molar-refractivity contribution in [1.29, 1.82) is 0 Å². The summed E-state index contributed by atoms with van der Waals surface area (Å²) in [6.07, 6.45) is 2.27. The highest BCUT2D eigenvalue weighted by Crippen LogP contribution is 2.48. The molecule has 0 saturated heterocycles. The van der Waals surface area contributed by atoms with Crippen molar-refractivity contribution in [1.82, 2.24) is 5.32 Å². The lowest BCUT2D eigenvalue weighted by Crippen LogP contribution is -2.52. The summed E-state index contributed by atoms with van der Waals surface area (Å²) in [7, 11) is 0. The van der Waals surface area contributed by atoms with Gasteiger partial charge in [-0.15, -0.1) is 0 Å². The first kappa shape index (κ1) is 12.5. The maximum absolute atomic E-state index is 11.2. The minimum Gasteiger partial charge on any atom is -0.353 e. The largest absolute Gasteiger partial charge is 0.353 e. The molecule has 1 N–H and O–H groups in total. The van der Waals surface area contributed by atoms with Gasteiger partial charge in [-0.05, 0) is 29.6 Å². The van der Waals surface area contributed by atoms with Gasteiger partial charge in [-0.1, -0.05) is 34.6 Å². The van der Waals surface area contributed by atoms with Crippen molar-refractivity contribution in [3.63, 3.8) is 0 Å². The van der Waals surface area contributed by atoms with Gasteiger partial charge in [0.1, 0.15) is 0 Å². The lowest BCUT2D eigenvalue weighted by molar-refractivity contribution is -0.121.